The van der Waals surface area contributed by atoms with Crippen LogP contribution in [0.15, 0.2) is 52.3 Å². The first-order valence-corrected chi connectivity index (χ1v) is 9.90. The number of rotatable bonds is 6. The van der Waals surface area contributed by atoms with Crippen LogP contribution in [0.2, 0.25) is 0 Å². The van der Waals surface area contributed by atoms with Crippen LogP contribution in [0, 0.1) is 6.92 Å². The second-order valence-electron chi connectivity index (χ2n) is 6.63. The zero-order valence-corrected chi connectivity index (χ0v) is 16.3. The molecule has 5 heteroatoms. The van der Waals surface area contributed by atoms with Crippen LogP contribution in [-0.4, -0.2) is 14.1 Å². The van der Waals surface area contributed by atoms with E-state index in [1.54, 1.807) is 11.8 Å². The Kier molecular flexibility index (Phi) is 6.63. The number of aliphatic hydroxyl groups is 1. The van der Waals surface area contributed by atoms with E-state index in [1.165, 1.54) is 5.56 Å². The van der Waals surface area contributed by atoms with E-state index in [1.807, 2.05) is 51.1 Å². The van der Waals surface area contributed by atoms with Crippen molar-refractivity contribution in [3.8, 4) is 0 Å². The van der Waals surface area contributed by atoms with E-state index in [-0.39, 0.29) is 11.4 Å². The minimum Gasteiger partial charge on any atom is -0.392 e. The lowest BCUT2D eigenvalue weighted by atomic mass is 10.1. The van der Waals surface area contributed by atoms with Gasteiger partial charge in [0.05, 0.1) is 22.3 Å². The summed E-state index contributed by atoms with van der Waals surface area (Å²) < 4.78 is 15.1. The average molecular weight is 364 g/mol. The van der Waals surface area contributed by atoms with E-state index < -0.39 is 11.0 Å². The number of hydrogen-bond acceptors (Lipinski definition) is 3. The molecule has 0 heterocycles. The van der Waals surface area contributed by atoms with Crippen molar-refractivity contribution in [1.82, 2.24) is 4.72 Å². The minimum absolute atomic E-state index is 0.0245. The predicted octanol–water partition coefficient (Wildman–Crippen LogP) is 4.19. The maximum atomic E-state index is 12.3. The van der Waals surface area contributed by atoms with Crippen LogP contribution in [0.4, 0.5) is 0 Å². The first-order valence-electron chi connectivity index (χ1n) is 7.93. The van der Waals surface area contributed by atoms with Crippen LogP contribution >= 0.6 is 11.8 Å². The van der Waals surface area contributed by atoms with E-state index in [0.717, 1.165) is 20.9 Å². The van der Waals surface area contributed by atoms with Crippen molar-refractivity contribution in [2.75, 3.05) is 0 Å². The predicted molar refractivity (Wildman–Crippen MR) is 102 cm³/mol. The summed E-state index contributed by atoms with van der Waals surface area (Å²) in [5, 5.41) is 9.53. The maximum absolute atomic E-state index is 12.3. The highest BCUT2D eigenvalue weighted by Crippen LogP contribution is 2.35. The lowest BCUT2D eigenvalue weighted by molar-refractivity contribution is 0.279. The average Bonchev–Trinajstić information content (AvgIpc) is 2.54. The van der Waals surface area contributed by atoms with Crippen LogP contribution in [0.5, 0.6) is 0 Å². The van der Waals surface area contributed by atoms with Gasteiger partial charge in [-0.2, -0.15) is 0 Å². The molecule has 0 amide bonds. The lowest BCUT2D eigenvalue weighted by Crippen LogP contribution is -2.33. The summed E-state index contributed by atoms with van der Waals surface area (Å²) in [5.41, 5.74) is 3.21. The van der Waals surface area contributed by atoms with Crippen molar-refractivity contribution in [2.45, 2.75) is 55.4 Å². The quantitative estimate of drug-likeness (QED) is 0.809. The van der Waals surface area contributed by atoms with Crippen molar-refractivity contribution in [3.63, 3.8) is 0 Å². The minimum atomic E-state index is -1.10. The van der Waals surface area contributed by atoms with Crippen LogP contribution < -0.4 is 4.72 Å². The third-order valence-electron chi connectivity index (χ3n) is 3.60. The molecule has 0 fully saturated rings. The second-order valence-corrected chi connectivity index (χ2v) is 9.74. The van der Waals surface area contributed by atoms with Crippen LogP contribution in [0.3, 0.4) is 0 Å². The molecular formula is C19H25NO2S2. The molecule has 0 aliphatic carbocycles. The molecule has 2 aromatic rings. The molecule has 0 spiro atoms. The summed E-state index contributed by atoms with van der Waals surface area (Å²) in [6, 6.07) is 14.0. The Bertz CT molecular complexity index is 724. The molecule has 3 nitrogen and oxygen atoms in total. The van der Waals surface area contributed by atoms with Gasteiger partial charge in [0, 0.05) is 16.3 Å². The third-order valence-corrected chi connectivity index (χ3v) is 6.52. The number of aliphatic hydroxyl groups excluding tert-OH is 1. The summed E-state index contributed by atoms with van der Waals surface area (Å²) in [6.45, 7) is 8.53. The maximum Gasteiger partial charge on any atom is 0.0973 e. The molecule has 2 rings (SSSR count). The summed E-state index contributed by atoms with van der Waals surface area (Å²) in [5.74, 6) is 0. The monoisotopic (exact) mass is 363 g/mol. The van der Waals surface area contributed by atoms with Crippen molar-refractivity contribution in [2.24, 2.45) is 0 Å². The molecule has 0 radical (unpaired) electrons. The van der Waals surface area contributed by atoms with Crippen LogP contribution in [-0.2, 0) is 24.1 Å². The van der Waals surface area contributed by atoms with E-state index >= 15 is 0 Å². The lowest BCUT2D eigenvalue weighted by Gasteiger charge is -2.19. The zero-order chi connectivity index (χ0) is 17.7. The first kappa shape index (κ1) is 19.2. The number of benzene rings is 2. The van der Waals surface area contributed by atoms with Crippen LogP contribution in [0.1, 0.15) is 37.5 Å². The van der Waals surface area contributed by atoms with Gasteiger partial charge in [-0.15, -0.1) is 0 Å². The Morgan fingerprint density at radius 3 is 2.42 bits per heavy atom. The Labute approximate surface area is 151 Å². The molecule has 0 saturated carbocycles. The third kappa shape index (κ3) is 4.93. The van der Waals surface area contributed by atoms with Gasteiger partial charge in [0.15, 0.2) is 0 Å². The molecule has 0 aromatic heterocycles. The summed E-state index contributed by atoms with van der Waals surface area (Å²) in [7, 11) is -1.10. The largest absolute Gasteiger partial charge is 0.392 e. The van der Waals surface area contributed by atoms with E-state index in [2.05, 4.69) is 23.8 Å². The number of hydrogen-bond donors (Lipinski definition) is 2. The van der Waals surface area contributed by atoms with E-state index in [4.69, 9.17) is 0 Å². The first-order chi connectivity index (χ1) is 11.3. The highest BCUT2D eigenvalue weighted by atomic mass is 32.2. The van der Waals surface area contributed by atoms with Gasteiger partial charge in [-0.3, -0.25) is 0 Å². The van der Waals surface area contributed by atoms with Gasteiger partial charge >= 0.3 is 0 Å². The summed E-state index contributed by atoms with van der Waals surface area (Å²) in [6.07, 6.45) is 0. The molecule has 2 N–H and O–H groups in total. The fraction of sp³-hybridized carbons (Fsp3) is 0.368. The molecule has 1 unspecified atom stereocenters. The van der Waals surface area contributed by atoms with Crippen molar-refractivity contribution in [1.29, 1.82) is 0 Å². The summed E-state index contributed by atoms with van der Waals surface area (Å²) in [4.78, 5) is 2.20. The highest BCUT2D eigenvalue weighted by Gasteiger charge is 2.19. The molecule has 0 aliphatic rings. The number of nitrogens with one attached hydrogen (secondary N) is 1. The highest BCUT2D eigenvalue weighted by molar-refractivity contribution is 7.99. The Balaban J connectivity index is 2.25. The summed E-state index contributed by atoms with van der Waals surface area (Å²) >= 11 is 1.65. The molecule has 2 aromatic carbocycles. The van der Waals surface area contributed by atoms with E-state index in [9.17, 15) is 9.32 Å². The molecule has 0 bridgehead atoms. The van der Waals surface area contributed by atoms with Gasteiger partial charge in [-0.1, -0.05) is 48.2 Å². The Morgan fingerprint density at radius 1 is 1.08 bits per heavy atom. The van der Waals surface area contributed by atoms with Crippen LogP contribution in [0.25, 0.3) is 0 Å². The van der Waals surface area contributed by atoms with Gasteiger partial charge in [0.25, 0.3) is 0 Å². The molecule has 24 heavy (non-hydrogen) atoms. The smallest absolute Gasteiger partial charge is 0.0973 e. The fourth-order valence-corrected chi connectivity index (χ4v) is 4.05. The normalized spacial score (nSPS) is 13.0. The molecule has 1 atom stereocenters. The standard InChI is InChI=1S/C19H25NO2S2/c1-14-8-7-10-15(12-20-24(22)19(2,3)4)18(14)23-17-11-6-5-9-16(17)13-21/h5-11,20-21H,12-13H2,1-4H3. The van der Waals surface area contributed by atoms with Gasteiger partial charge < -0.3 is 5.11 Å². The van der Waals surface area contributed by atoms with Gasteiger partial charge in [0.1, 0.15) is 0 Å². The van der Waals surface area contributed by atoms with Crippen molar-refractivity contribution < 1.29 is 9.32 Å². The topological polar surface area (TPSA) is 49.3 Å². The van der Waals surface area contributed by atoms with Gasteiger partial charge in [-0.25, -0.2) is 8.93 Å². The van der Waals surface area contributed by atoms with Gasteiger partial charge in [-0.05, 0) is 50.5 Å². The van der Waals surface area contributed by atoms with Gasteiger partial charge in [0.2, 0.25) is 0 Å². The SMILES string of the molecule is Cc1cccc(CNS(=O)C(C)(C)C)c1Sc1ccccc1CO. The second kappa shape index (κ2) is 8.30. The Hall–Kier alpha value is -1.14. The Morgan fingerprint density at radius 2 is 1.75 bits per heavy atom. The number of aryl methyl sites for hydroxylation is 1. The molecule has 0 aliphatic heterocycles. The fourth-order valence-electron chi connectivity index (χ4n) is 2.20. The molecule has 0 saturated heterocycles. The van der Waals surface area contributed by atoms with Crippen molar-refractivity contribution >= 4 is 22.7 Å². The van der Waals surface area contributed by atoms with E-state index in [0.29, 0.717) is 6.54 Å². The molecule has 130 valence electrons. The molecular weight excluding hydrogens is 338 g/mol. The van der Waals surface area contributed by atoms with Crippen molar-refractivity contribution in [3.05, 3.63) is 59.2 Å². The zero-order valence-electron chi connectivity index (χ0n) is 14.6.